The molecule has 3 N–H and O–H groups in total. The van der Waals surface area contributed by atoms with Gasteiger partial charge in [-0.3, -0.25) is 38.6 Å². The number of hydrogen-bond donors (Lipinski definition) is 3. The number of carbonyl (C=O) groups excluding carboxylic acids is 8. The molecule has 22 heteroatoms. The van der Waals surface area contributed by atoms with Gasteiger partial charge in [0.15, 0.2) is 17.3 Å². The minimum Gasteiger partial charge on any atom is -0.370 e. The summed E-state index contributed by atoms with van der Waals surface area (Å²) in [6.07, 6.45) is 2.30. The molecule has 332 valence electrons. The summed E-state index contributed by atoms with van der Waals surface area (Å²) in [6, 6.07) is 0. The highest BCUT2D eigenvalue weighted by Gasteiger charge is 2.31. The Kier molecular flexibility index (Phi) is 28.9. The second-order valence-corrected chi connectivity index (χ2v) is 17.1. The van der Waals surface area contributed by atoms with Crippen LogP contribution in [0.25, 0.3) is 0 Å². The zero-order chi connectivity index (χ0) is 45.7. The SMILES string of the molecule is [3H]C(P)C(=O)CNOC(=O)CCN(CCN(CC(C)=O)CC(=O)ONCC(=O)C([3H])P)CCN(CC(=O)CCCSC1CCC1SCCCC)CC(=O)ONCC(=O)C([3H])P. The first-order valence-electron chi connectivity index (χ1n) is 21.0. The number of rotatable bonds is 38. The van der Waals surface area contributed by atoms with Crippen molar-refractivity contribution >= 4 is 98.1 Å². The van der Waals surface area contributed by atoms with Crippen molar-refractivity contribution in [1.82, 2.24) is 31.1 Å². The summed E-state index contributed by atoms with van der Waals surface area (Å²) in [6.45, 7) is 2.21. The van der Waals surface area contributed by atoms with Crippen molar-refractivity contribution in [1.29, 1.82) is 0 Å². The van der Waals surface area contributed by atoms with E-state index in [0.29, 0.717) is 23.3 Å². The van der Waals surface area contributed by atoms with Gasteiger partial charge in [-0.15, -0.1) is 44.2 Å². The van der Waals surface area contributed by atoms with Gasteiger partial charge in [0, 0.05) is 72.2 Å². The van der Waals surface area contributed by atoms with Crippen LogP contribution < -0.4 is 16.4 Å². The van der Waals surface area contributed by atoms with E-state index in [2.05, 4.69) is 23.4 Å². The van der Waals surface area contributed by atoms with Crippen LogP contribution in [0.3, 0.4) is 0 Å². The van der Waals surface area contributed by atoms with Crippen molar-refractivity contribution in [3.63, 3.8) is 0 Å². The van der Waals surface area contributed by atoms with E-state index in [-0.39, 0.29) is 96.5 Å². The van der Waals surface area contributed by atoms with E-state index in [9.17, 15) is 38.4 Å². The monoisotopic (exact) mass is 920 g/mol. The highest BCUT2D eigenvalue weighted by atomic mass is 32.2. The van der Waals surface area contributed by atoms with Gasteiger partial charge >= 0.3 is 17.9 Å². The van der Waals surface area contributed by atoms with E-state index < -0.39 is 53.7 Å². The fraction of sp³-hybridized carbons (Fsp3) is 0.778. The molecule has 0 spiro atoms. The molecule has 0 saturated heterocycles. The summed E-state index contributed by atoms with van der Waals surface area (Å²) < 4.78 is 22.3. The Morgan fingerprint density at radius 1 is 0.586 bits per heavy atom. The molecule has 0 radical (unpaired) electrons. The third kappa shape index (κ3) is 28.1. The number of thioether (sulfide) groups is 2. The highest BCUT2D eigenvalue weighted by molar-refractivity contribution is 8.03. The zero-order valence-electron chi connectivity index (χ0n) is 36.6. The third-order valence-corrected chi connectivity index (χ3v) is 12.7. The highest BCUT2D eigenvalue weighted by Crippen LogP contribution is 2.40. The van der Waals surface area contributed by atoms with Gasteiger partial charge in [-0.1, -0.05) is 13.3 Å². The van der Waals surface area contributed by atoms with Crippen molar-refractivity contribution < 1.29 is 57.0 Å². The summed E-state index contributed by atoms with van der Waals surface area (Å²) in [5.41, 5.74) is 6.76. The minimum atomic E-state index is -1.09. The summed E-state index contributed by atoms with van der Waals surface area (Å²) >= 11 is 3.93. The Bertz CT molecular complexity index is 1420. The summed E-state index contributed by atoms with van der Waals surface area (Å²) in [7, 11) is 6.09. The number of nitrogens with one attached hydrogen (secondary N) is 3. The van der Waals surface area contributed by atoms with Crippen molar-refractivity contribution in [2.75, 3.05) is 108 Å². The standard InChI is InChI=1S/C36H65N6O11P3S2/c1-3-4-15-57-32-7-8-33(32)58-16-5-6-28(44)21-42(23-36(50)53-39-19-31(47)26-56)14-12-40(10-9-34(48)51-37-17-29(45)24-54)11-13-41(20-27(2)43)22-35(49)52-38-18-30(46)25-55/h32-33,37-39H,3-26,54-56H2,1-2H3/i24T,25T,26T. The Labute approximate surface area is 362 Å². The zero-order valence-corrected chi connectivity index (χ0v) is 38.7. The van der Waals surface area contributed by atoms with Gasteiger partial charge < -0.3 is 19.4 Å². The van der Waals surface area contributed by atoms with E-state index in [1.54, 1.807) is 9.80 Å². The number of hydrogen-bond acceptors (Lipinski definition) is 19. The van der Waals surface area contributed by atoms with Crippen molar-refractivity contribution in [2.24, 2.45) is 0 Å². The maximum atomic E-state index is 13.3. The van der Waals surface area contributed by atoms with E-state index in [1.165, 1.54) is 37.5 Å². The lowest BCUT2D eigenvalue weighted by molar-refractivity contribution is -0.154. The second kappa shape index (κ2) is 34.1. The maximum absolute atomic E-state index is 13.3. The molecule has 0 amide bonds. The number of unbranched alkanes of at least 4 members (excludes halogenated alkanes) is 1. The van der Waals surface area contributed by atoms with Crippen LogP contribution in [0.5, 0.6) is 0 Å². The van der Waals surface area contributed by atoms with Crippen LogP contribution in [0, 0.1) is 0 Å². The third-order valence-electron chi connectivity index (χ3n) is 8.42. The van der Waals surface area contributed by atoms with Gasteiger partial charge in [-0.25, -0.2) is 9.59 Å². The Balaban J connectivity index is 3.03. The van der Waals surface area contributed by atoms with E-state index in [1.807, 2.05) is 51.2 Å². The number of hydroxylamine groups is 3. The molecule has 1 rings (SSSR count). The quantitative estimate of drug-likeness (QED) is 0.0333. The molecule has 0 aromatic heterocycles. The van der Waals surface area contributed by atoms with Crippen molar-refractivity contribution in [2.45, 2.75) is 69.3 Å². The first kappa shape index (κ1) is 49.2. The second-order valence-electron chi connectivity index (χ2n) is 13.4. The van der Waals surface area contributed by atoms with Gasteiger partial charge in [0.1, 0.15) is 11.6 Å². The lowest BCUT2D eigenvalue weighted by Gasteiger charge is -2.35. The molecule has 0 aromatic rings. The van der Waals surface area contributed by atoms with Crippen LogP contribution in [-0.2, 0) is 52.9 Å². The molecular weight excluding hydrogens is 849 g/mol. The van der Waals surface area contributed by atoms with Gasteiger partial charge in [-0.2, -0.15) is 23.5 Å². The van der Waals surface area contributed by atoms with Crippen molar-refractivity contribution in [3.8, 4) is 0 Å². The number of carbonyl (C=O) groups is 8. The molecule has 1 aliphatic carbocycles. The lowest BCUT2D eigenvalue weighted by Crippen LogP contribution is -2.45. The Morgan fingerprint density at radius 3 is 1.45 bits per heavy atom. The molecule has 0 aromatic carbocycles. The molecule has 1 fully saturated rings. The van der Waals surface area contributed by atoms with Crippen LogP contribution >= 0.6 is 51.2 Å². The molecule has 0 bridgehead atoms. The summed E-state index contributed by atoms with van der Waals surface area (Å²) in [4.78, 5) is 118. The molecule has 8 atom stereocenters. The van der Waals surface area contributed by atoms with Crippen LogP contribution in [-0.4, -0.2) is 180 Å². The maximum Gasteiger partial charge on any atom is 0.338 e. The lowest BCUT2D eigenvalue weighted by atomic mass is 9.99. The number of nitrogens with zero attached hydrogens (tertiary/aromatic N) is 3. The normalized spacial score (nSPS) is 17.3. The van der Waals surface area contributed by atoms with Crippen LogP contribution in [0.2, 0.25) is 0 Å². The van der Waals surface area contributed by atoms with Crippen molar-refractivity contribution in [3.05, 3.63) is 0 Å². The fourth-order valence-electron chi connectivity index (χ4n) is 5.15. The van der Waals surface area contributed by atoms with Gasteiger partial charge in [0.05, 0.1) is 52.2 Å². The Morgan fingerprint density at radius 2 is 1.02 bits per heavy atom. The van der Waals surface area contributed by atoms with E-state index in [4.69, 9.17) is 18.6 Å². The average Bonchev–Trinajstić information content (AvgIpc) is 3.17. The number of ketones is 5. The predicted octanol–water partition coefficient (Wildman–Crippen LogP) is 0.494. The molecule has 17 nitrogen and oxygen atoms in total. The van der Waals surface area contributed by atoms with Gasteiger partial charge in [0.2, 0.25) is 0 Å². The van der Waals surface area contributed by atoms with Crippen LogP contribution in [0.15, 0.2) is 0 Å². The molecule has 1 aliphatic rings. The molecule has 58 heavy (non-hydrogen) atoms. The van der Waals surface area contributed by atoms with Crippen LogP contribution in [0.4, 0.5) is 0 Å². The smallest absolute Gasteiger partial charge is 0.338 e. The first-order chi connectivity index (χ1) is 28.9. The molecule has 0 aliphatic heterocycles. The molecule has 0 heterocycles. The Hall–Kier alpha value is -1.49. The minimum absolute atomic E-state index is 0.0832. The first-order valence-corrected chi connectivity index (χ1v) is 23.3. The topological polar surface area (TPSA) is 210 Å². The largest absolute Gasteiger partial charge is 0.370 e. The molecule has 8 unspecified atom stereocenters. The fourth-order valence-corrected chi connectivity index (χ4v) is 8.65. The van der Waals surface area contributed by atoms with Gasteiger partial charge in [0.25, 0.3) is 0 Å². The predicted molar refractivity (Wildman–Crippen MR) is 237 cm³/mol. The summed E-state index contributed by atoms with van der Waals surface area (Å²) in [5, 5.41) is 1.25. The number of Topliss-reactive ketones (excluding diaryl/α,β-unsaturated/α-hetero) is 5. The molecular formula is C36H65N6O11P3S2. The molecule has 1 saturated carbocycles. The van der Waals surface area contributed by atoms with Gasteiger partial charge in [-0.05, 0) is 44.1 Å². The average molecular weight is 921 g/mol. The van der Waals surface area contributed by atoms with E-state index >= 15 is 0 Å². The summed E-state index contributed by atoms with van der Waals surface area (Å²) in [5.74, 6) is -2.18. The van der Waals surface area contributed by atoms with Crippen LogP contribution in [0.1, 0.15) is 62.9 Å². The van der Waals surface area contributed by atoms with E-state index in [0.717, 1.165) is 11.5 Å².